The van der Waals surface area contributed by atoms with Gasteiger partial charge in [-0.25, -0.2) is 9.97 Å². The minimum absolute atomic E-state index is 0.120. The summed E-state index contributed by atoms with van der Waals surface area (Å²) in [6.07, 6.45) is 1.41. The molecular weight excluding hydrogens is 389 g/mol. The predicted molar refractivity (Wildman–Crippen MR) is 96.5 cm³/mol. The number of nitrogens with zero attached hydrogens (tertiary/aromatic N) is 3. The molecule has 0 unspecified atom stereocenters. The van der Waals surface area contributed by atoms with Crippen LogP contribution in [0, 0.1) is 0 Å². The summed E-state index contributed by atoms with van der Waals surface area (Å²) < 4.78 is 46.7. The van der Waals surface area contributed by atoms with Crippen LogP contribution in [0.1, 0.15) is 15.9 Å². The van der Waals surface area contributed by atoms with Crippen molar-refractivity contribution in [2.24, 2.45) is 0 Å². The van der Waals surface area contributed by atoms with Gasteiger partial charge in [0.1, 0.15) is 6.61 Å². The highest BCUT2D eigenvalue weighted by atomic mass is 19.4. The highest BCUT2D eigenvalue weighted by molar-refractivity contribution is 6.04. The average Bonchev–Trinajstić information content (AvgIpc) is 2.72. The molecule has 0 atom stereocenters. The number of pyridine rings is 3. The minimum Gasteiger partial charge on any atom is -0.485 e. The fourth-order valence-corrected chi connectivity index (χ4v) is 2.18. The average molecular weight is 404 g/mol. The zero-order valence-corrected chi connectivity index (χ0v) is 14.9. The Morgan fingerprint density at radius 2 is 1.79 bits per heavy atom. The van der Waals surface area contributed by atoms with Crippen LogP contribution in [0.2, 0.25) is 0 Å². The van der Waals surface area contributed by atoms with E-state index in [0.29, 0.717) is 5.75 Å². The summed E-state index contributed by atoms with van der Waals surface area (Å²) in [7, 11) is 0. The van der Waals surface area contributed by atoms with Gasteiger partial charge in [0, 0.05) is 30.9 Å². The van der Waals surface area contributed by atoms with Gasteiger partial charge >= 0.3 is 6.18 Å². The first-order chi connectivity index (χ1) is 13.9. The Balaban J connectivity index is 1.63. The van der Waals surface area contributed by atoms with Crippen molar-refractivity contribution in [1.82, 2.24) is 15.0 Å². The second kappa shape index (κ2) is 9.00. The fourth-order valence-electron chi connectivity index (χ4n) is 2.18. The van der Waals surface area contributed by atoms with Gasteiger partial charge in [0.25, 0.3) is 5.91 Å². The maximum Gasteiger partial charge on any atom is 0.422 e. The van der Waals surface area contributed by atoms with E-state index in [2.05, 4.69) is 25.0 Å². The molecule has 0 aliphatic heterocycles. The second-order valence-electron chi connectivity index (χ2n) is 5.74. The number of ether oxygens (including phenoxy) is 2. The number of anilines is 1. The summed E-state index contributed by atoms with van der Waals surface area (Å²) in [5, 5.41) is 2.59. The Morgan fingerprint density at radius 3 is 2.48 bits per heavy atom. The molecule has 3 heterocycles. The molecule has 10 heteroatoms. The van der Waals surface area contributed by atoms with E-state index >= 15 is 0 Å². The summed E-state index contributed by atoms with van der Waals surface area (Å²) in [4.78, 5) is 24.1. The van der Waals surface area contributed by atoms with E-state index in [4.69, 9.17) is 4.74 Å². The number of alkyl halides is 3. The van der Waals surface area contributed by atoms with Crippen molar-refractivity contribution in [1.29, 1.82) is 0 Å². The molecule has 0 saturated carbocycles. The van der Waals surface area contributed by atoms with Gasteiger partial charge in [-0.2, -0.15) is 13.2 Å². The van der Waals surface area contributed by atoms with Gasteiger partial charge in [-0.1, -0.05) is 0 Å². The van der Waals surface area contributed by atoms with Crippen LogP contribution in [0.4, 0.5) is 19.0 Å². The van der Waals surface area contributed by atoms with E-state index in [1.165, 1.54) is 18.3 Å². The van der Waals surface area contributed by atoms with Crippen molar-refractivity contribution >= 4 is 11.7 Å². The SMILES string of the molecule is O=C(Nc1ncccc1OCc1ccncc1)c1ccc(OCC(F)(F)F)nc1. The molecule has 0 aliphatic carbocycles. The number of amides is 1. The third-order valence-electron chi connectivity index (χ3n) is 3.53. The van der Waals surface area contributed by atoms with Crippen molar-refractivity contribution in [3.8, 4) is 11.6 Å². The maximum absolute atomic E-state index is 12.4. The number of carbonyl (C=O) groups excluding carboxylic acids is 1. The molecule has 7 nitrogen and oxygen atoms in total. The Morgan fingerprint density at radius 1 is 1.00 bits per heavy atom. The number of nitrogens with one attached hydrogen (secondary N) is 1. The molecule has 0 bridgehead atoms. The van der Waals surface area contributed by atoms with Gasteiger partial charge in [0.2, 0.25) is 5.88 Å². The summed E-state index contributed by atoms with van der Waals surface area (Å²) >= 11 is 0. The van der Waals surface area contributed by atoms with Gasteiger partial charge in [0.05, 0.1) is 5.56 Å². The lowest BCUT2D eigenvalue weighted by Gasteiger charge is -2.12. The molecule has 29 heavy (non-hydrogen) atoms. The van der Waals surface area contributed by atoms with E-state index < -0.39 is 18.7 Å². The van der Waals surface area contributed by atoms with E-state index in [0.717, 1.165) is 11.8 Å². The van der Waals surface area contributed by atoms with Crippen LogP contribution in [0.15, 0.2) is 61.2 Å². The lowest BCUT2D eigenvalue weighted by molar-refractivity contribution is -0.154. The Hall–Kier alpha value is -3.69. The number of aromatic nitrogens is 3. The van der Waals surface area contributed by atoms with Gasteiger partial charge in [-0.05, 0) is 35.9 Å². The van der Waals surface area contributed by atoms with Crippen LogP contribution in [0.25, 0.3) is 0 Å². The maximum atomic E-state index is 12.4. The molecule has 1 amide bonds. The van der Waals surface area contributed by atoms with E-state index in [9.17, 15) is 18.0 Å². The highest BCUT2D eigenvalue weighted by Crippen LogP contribution is 2.23. The largest absolute Gasteiger partial charge is 0.485 e. The lowest BCUT2D eigenvalue weighted by Crippen LogP contribution is -2.20. The number of halogens is 3. The molecule has 0 radical (unpaired) electrons. The Labute approximate surface area is 163 Å². The third kappa shape index (κ3) is 6.16. The second-order valence-corrected chi connectivity index (χ2v) is 5.74. The summed E-state index contributed by atoms with van der Waals surface area (Å²) in [5.41, 5.74) is 1.01. The molecule has 3 aromatic heterocycles. The number of hydrogen-bond donors (Lipinski definition) is 1. The van der Waals surface area contributed by atoms with Crippen LogP contribution >= 0.6 is 0 Å². The zero-order chi connectivity index (χ0) is 20.7. The number of hydrogen-bond acceptors (Lipinski definition) is 6. The quantitative estimate of drug-likeness (QED) is 0.647. The molecular formula is C19H15F3N4O3. The van der Waals surface area contributed by atoms with Crippen molar-refractivity contribution in [2.75, 3.05) is 11.9 Å². The van der Waals surface area contributed by atoms with Gasteiger partial charge in [0.15, 0.2) is 18.2 Å². The van der Waals surface area contributed by atoms with Crippen molar-refractivity contribution in [3.63, 3.8) is 0 Å². The van der Waals surface area contributed by atoms with E-state index in [-0.39, 0.29) is 23.9 Å². The van der Waals surface area contributed by atoms with Crippen LogP contribution in [-0.2, 0) is 6.61 Å². The molecule has 0 aromatic carbocycles. The first kappa shape index (κ1) is 20.1. The van der Waals surface area contributed by atoms with Gasteiger partial charge in [-0.3, -0.25) is 9.78 Å². The number of carbonyl (C=O) groups is 1. The van der Waals surface area contributed by atoms with Gasteiger partial charge in [-0.15, -0.1) is 0 Å². The molecule has 1 N–H and O–H groups in total. The minimum atomic E-state index is -4.47. The van der Waals surface area contributed by atoms with Gasteiger partial charge < -0.3 is 14.8 Å². The first-order valence-corrected chi connectivity index (χ1v) is 8.34. The molecule has 0 saturated heterocycles. The van der Waals surface area contributed by atoms with Crippen LogP contribution in [-0.4, -0.2) is 33.6 Å². The zero-order valence-electron chi connectivity index (χ0n) is 14.9. The molecule has 0 aliphatic rings. The molecule has 150 valence electrons. The van der Waals surface area contributed by atoms with Crippen LogP contribution < -0.4 is 14.8 Å². The molecule has 3 aromatic rings. The summed E-state index contributed by atoms with van der Waals surface area (Å²) in [6, 6.07) is 9.38. The topological polar surface area (TPSA) is 86.2 Å². The van der Waals surface area contributed by atoms with Crippen molar-refractivity contribution in [2.45, 2.75) is 12.8 Å². The lowest BCUT2D eigenvalue weighted by atomic mass is 10.2. The third-order valence-corrected chi connectivity index (χ3v) is 3.53. The highest BCUT2D eigenvalue weighted by Gasteiger charge is 2.28. The molecule has 3 rings (SSSR count). The Bertz CT molecular complexity index is 951. The van der Waals surface area contributed by atoms with Crippen LogP contribution in [0.3, 0.4) is 0 Å². The van der Waals surface area contributed by atoms with Crippen LogP contribution in [0.5, 0.6) is 11.6 Å². The monoisotopic (exact) mass is 404 g/mol. The molecule has 0 fully saturated rings. The standard InChI is InChI=1S/C19H15F3N4O3/c20-19(21,22)12-29-16-4-3-14(10-25-16)18(27)26-17-15(2-1-7-24-17)28-11-13-5-8-23-9-6-13/h1-10H,11-12H2,(H,24,26,27). The summed E-state index contributed by atoms with van der Waals surface area (Å²) in [5.74, 6) is -0.231. The molecule has 0 spiro atoms. The normalized spacial score (nSPS) is 11.0. The number of rotatable bonds is 7. The smallest absolute Gasteiger partial charge is 0.422 e. The predicted octanol–water partition coefficient (Wildman–Crippen LogP) is 3.64. The van der Waals surface area contributed by atoms with Crippen molar-refractivity contribution in [3.05, 3.63) is 72.3 Å². The van der Waals surface area contributed by atoms with E-state index in [1.54, 1.807) is 36.7 Å². The fraction of sp³-hybridized carbons (Fsp3) is 0.158. The summed E-state index contributed by atoms with van der Waals surface area (Å²) in [6.45, 7) is -1.21. The van der Waals surface area contributed by atoms with E-state index in [1.807, 2.05) is 0 Å². The van der Waals surface area contributed by atoms with Crippen molar-refractivity contribution < 1.29 is 27.4 Å². The first-order valence-electron chi connectivity index (χ1n) is 8.34. The Kier molecular flexibility index (Phi) is 6.22.